The van der Waals surface area contributed by atoms with Crippen LogP contribution in [0.15, 0.2) is 30.9 Å². The second-order valence-electron chi connectivity index (χ2n) is 4.70. The molecule has 0 unspecified atom stereocenters. The van der Waals surface area contributed by atoms with Crippen molar-refractivity contribution in [1.82, 2.24) is 5.32 Å². The lowest BCUT2D eigenvalue weighted by Gasteiger charge is -2.11. The molecule has 0 bridgehead atoms. The summed E-state index contributed by atoms with van der Waals surface area (Å²) < 4.78 is 0. The zero-order chi connectivity index (χ0) is 13.1. The fourth-order valence-corrected chi connectivity index (χ4v) is 2.39. The number of nitrogens with one attached hydrogen (secondary N) is 1. The molecule has 1 aliphatic rings. The van der Waals surface area contributed by atoms with E-state index in [9.17, 15) is 4.79 Å². The van der Waals surface area contributed by atoms with Crippen molar-refractivity contribution in [1.29, 1.82) is 5.26 Å². The molecule has 1 heterocycles. The van der Waals surface area contributed by atoms with Crippen molar-refractivity contribution in [3.05, 3.63) is 47.5 Å². The van der Waals surface area contributed by atoms with Gasteiger partial charge in [0, 0.05) is 5.92 Å². The Balaban J connectivity index is 2.19. The van der Waals surface area contributed by atoms with E-state index in [2.05, 4.69) is 18.0 Å². The molecular formula is C15H16N2O. The molecule has 1 saturated heterocycles. The first kappa shape index (κ1) is 12.4. The number of hydrogen-bond donors (Lipinski definition) is 1. The van der Waals surface area contributed by atoms with Gasteiger partial charge in [-0.3, -0.25) is 4.79 Å². The lowest BCUT2D eigenvalue weighted by Crippen LogP contribution is -2.21. The summed E-state index contributed by atoms with van der Waals surface area (Å²) in [6, 6.07) is 7.94. The van der Waals surface area contributed by atoms with Crippen LogP contribution in [-0.4, -0.2) is 5.91 Å². The van der Waals surface area contributed by atoms with E-state index in [1.165, 1.54) is 0 Å². The Kier molecular flexibility index (Phi) is 3.47. The maximum atomic E-state index is 11.7. The number of carbonyl (C=O) groups is 1. The predicted octanol–water partition coefficient (Wildman–Crippen LogP) is 2.62. The maximum Gasteiger partial charge on any atom is 0.223 e. The molecule has 3 heteroatoms. The van der Waals surface area contributed by atoms with Gasteiger partial charge in [0.2, 0.25) is 5.91 Å². The van der Waals surface area contributed by atoms with Gasteiger partial charge in [-0.05, 0) is 37.0 Å². The first-order chi connectivity index (χ1) is 8.65. The number of aryl methyl sites for hydroxylation is 1. The second-order valence-corrected chi connectivity index (χ2v) is 4.70. The molecule has 0 aliphatic carbocycles. The van der Waals surface area contributed by atoms with E-state index in [1.807, 2.05) is 25.1 Å². The third kappa shape index (κ3) is 2.28. The van der Waals surface area contributed by atoms with Crippen LogP contribution in [0.25, 0.3) is 0 Å². The Morgan fingerprint density at radius 2 is 2.39 bits per heavy atom. The molecule has 1 amide bonds. The molecule has 2 rings (SSSR count). The Morgan fingerprint density at radius 3 is 3.00 bits per heavy atom. The van der Waals surface area contributed by atoms with E-state index in [0.29, 0.717) is 5.56 Å². The summed E-state index contributed by atoms with van der Waals surface area (Å²) in [7, 11) is 0. The van der Waals surface area contributed by atoms with Crippen LogP contribution in [0.5, 0.6) is 0 Å². The SMILES string of the molecule is C=CC[C@H]1C[C@H](c2ccc(C#N)c(C)c2)NC1=O. The molecule has 1 aromatic carbocycles. The molecule has 0 radical (unpaired) electrons. The normalized spacial score (nSPS) is 22.3. The van der Waals surface area contributed by atoms with Crippen molar-refractivity contribution in [2.24, 2.45) is 5.92 Å². The van der Waals surface area contributed by atoms with Crippen LogP contribution in [0.3, 0.4) is 0 Å². The van der Waals surface area contributed by atoms with E-state index in [-0.39, 0.29) is 17.9 Å². The van der Waals surface area contributed by atoms with Crippen LogP contribution in [0.2, 0.25) is 0 Å². The number of carbonyl (C=O) groups excluding carboxylic acids is 1. The lowest BCUT2D eigenvalue weighted by atomic mass is 9.95. The van der Waals surface area contributed by atoms with Gasteiger partial charge in [-0.15, -0.1) is 6.58 Å². The fraction of sp³-hybridized carbons (Fsp3) is 0.333. The number of amides is 1. The van der Waals surface area contributed by atoms with Crippen molar-refractivity contribution < 1.29 is 4.79 Å². The van der Waals surface area contributed by atoms with Crippen LogP contribution >= 0.6 is 0 Å². The summed E-state index contributed by atoms with van der Waals surface area (Å²) in [4.78, 5) is 11.7. The molecule has 1 N–H and O–H groups in total. The second kappa shape index (κ2) is 5.05. The van der Waals surface area contributed by atoms with Gasteiger partial charge >= 0.3 is 0 Å². The topological polar surface area (TPSA) is 52.9 Å². The number of benzene rings is 1. The van der Waals surface area contributed by atoms with Gasteiger partial charge in [-0.1, -0.05) is 18.2 Å². The highest BCUT2D eigenvalue weighted by Crippen LogP contribution is 2.30. The molecule has 0 saturated carbocycles. The number of allylic oxidation sites excluding steroid dienone is 1. The average Bonchev–Trinajstić information content (AvgIpc) is 2.71. The standard InChI is InChI=1S/C15H16N2O/c1-3-4-12-8-14(17-15(12)18)11-5-6-13(9-16)10(2)7-11/h3,5-7,12,14H,1,4,8H2,2H3,(H,17,18)/t12-,14+/m0/s1. The third-order valence-corrected chi connectivity index (χ3v) is 3.43. The largest absolute Gasteiger partial charge is 0.349 e. The van der Waals surface area contributed by atoms with E-state index in [1.54, 1.807) is 6.08 Å². The molecule has 18 heavy (non-hydrogen) atoms. The van der Waals surface area contributed by atoms with E-state index < -0.39 is 0 Å². The van der Waals surface area contributed by atoms with Crippen molar-refractivity contribution in [3.8, 4) is 6.07 Å². The zero-order valence-corrected chi connectivity index (χ0v) is 10.4. The molecule has 1 fully saturated rings. The lowest BCUT2D eigenvalue weighted by molar-refractivity contribution is -0.122. The Labute approximate surface area is 107 Å². The zero-order valence-electron chi connectivity index (χ0n) is 10.4. The Morgan fingerprint density at radius 1 is 1.61 bits per heavy atom. The van der Waals surface area contributed by atoms with Gasteiger partial charge in [0.15, 0.2) is 0 Å². The van der Waals surface area contributed by atoms with Crippen molar-refractivity contribution >= 4 is 5.91 Å². The highest BCUT2D eigenvalue weighted by Gasteiger charge is 2.31. The van der Waals surface area contributed by atoms with Gasteiger partial charge in [0.1, 0.15) is 0 Å². The van der Waals surface area contributed by atoms with Crippen molar-refractivity contribution in [3.63, 3.8) is 0 Å². The number of rotatable bonds is 3. The number of hydrogen-bond acceptors (Lipinski definition) is 2. The first-order valence-corrected chi connectivity index (χ1v) is 6.07. The summed E-state index contributed by atoms with van der Waals surface area (Å²) in [5.74, 6) is 0.130. The number of nitriles is 1. The highest BCUT2D eigenvalue weighted by atomic mass is 16.2. The summed E-state index contributed by atoms with van der Waals surface area (Å²) in [6.07, 6.45) is 3.31. The monoisotopic (exact) mass is 240 g/mol. The van der Waals surface area contributed by atoms with Gasteiger partial charge in [0.05, 0.1) is 17.7 Å². The van der Waals surface area contributed by atoms with Crippen LogP contribution < -0.4 is 5.32 Å². The summed E-state index contributed by atoms with van der Waals surface area (Å²) in [5, 5.41) is 11.9. The van der Waals surface area contributed by atoms with Crippen molar-refractivity contribution in [2.75, 3.05) is 0 Å². The highest BCUT2D eigenvalue weighted by molar-refractivity contribution is 5.81. The van der Waals surface area contributed by atoms with Gasteiger partial charge in [-0.2, -0.15) is 5.26 Å². The van der Waals surface area contributed by atoms with Crippen LogP contribution in [0.4, 0.5) is 0 Å². The molecule has 1 aliphatic heterocycles. The molecule has 3 nitrogen and oxygen atoms in total. The maximum absolute atomic E-state index is 11.7. The molecular weight excluding hydrogens is 224 g/mol. The molecule has 0 aromatic heterocycles. The minimum Gasteiger partial charge on any atom is -0.349 e. The fourth-order valence-electron chi connectivity index (χ4n) is 2.39. The summed E-state index contributed by atoms with van der Waals surface area (Å²) >= 11 is 0. The Bertz CT molecular complexity index is 528. The minimum atomic E-state index is 0.0310. The minimum absolute atomic E-state index is 0.0310. The molecule has 1 aromatic rings. The quantitative estimate of drug-likeness (QED) is 0.826. The molecule has 92 valence electrons. The molecule has 2 atom stereocenters. The van der Waals surface area contributed by atoms with Gasteiger partial charge in [0.25, 0.3) is 0 Å². The number of nitrogens with zero attached hydrogens (tertiary/aromatic N) is 1. The summed E-state index contributed by atoms with van der Waals surface area (Å²) in [6.45, 7) is 5.59. The van der Waals surface area contributed by atoms with Gasteiger partial charge < -0.3 is 5.32 Å². The average molecular weight is 240 g/mol. The van der Waals surface area contributed by atoms with Gasteiger partial charge in [-0.25, -0.2) is 0 Å². The smallest absolute Gasteiger partial charge is 0.223 e. The summed E-state index contributed by atoms with van der Waals surface area (Å²) in [5.41, 5.74) is 2.72. The molecule has 0 spiro atoms. The van der Waals surface area contributed by atoms with E-state index in [0.717, 1.165) is 24.0 Å². The van der Waals surface area contributed by atoms with Crippen LogP contribution in [0, 0.1) is 24.2 Å². The van der Waals surface area contributed by atoms with Crippen LogP contribution in [0.1, 0.15) is 35.6 Å². The van der Waals surface area contributed by atoms with E-state index >= 15 is 0 Å². The van der Waals surface area contributed by atoms with Crippen LogP contribution in [-0.2, 0) is 4.79 Å². The van der Waals surface area contributed by atoms with E-state index in [4.69, 9.17) is 5.26 Å². The Hall–Kier alpha value is -2.08. The van der Waals surface area contributed by atoms with Crippen molar-refractivity contribution in [2.45, 2.75) is 25.8 Å². The third-order valence-electron chi connectivity index (χ3n) is 3.43. The first-order valence-electron chi connectivity index (χ1n) is 6.07. The predicted molar refractivity (Wildman–Crippen MR) is 69.7 cm³/mol.